The highest BCUT2D eigenvalue weighted by atomic mass is 127. The fourth-order valence-electron chi connectivity index (χ4n) is 1.63. The van der Waals surface area contributed by atoms with Gasteiger partial charge in [-0.1, -0.05) is 19.1 Å². The summed E-state index contributed by atoms with van der Waals surface area (Å²) in [7, 11) is 5.89. The topological polar surface area (TPSA) is 39.7 Å². The lowest BCUT2D eigenvalue weighted by Crippen LogP contribution is -2.41. The van der Waals surface area contributed by atoms with E-state index in [1.165, 1.54) is 11.3 Å². The molecule has 0 aliphatic heterocycles. The molecule has 1 unspecified atom stereocenters. The van der Waals surface area contributed by atoms with Gasteiger partial charge < -0.3 is 15.5 Å². The Morgan fingerprint density at radius 2 is 1.85 bits per heavy atom. The van der Waals surface area contributed by atoms with Crippen LogP contribution in [0.4, 0.5) is 5.69 Å². The molecule has 1 rings (SSSR count). The number of nitrogens with one attached hydrogen (secondary N) is 2. The lowest BCUT2D eigenvalue weighted by atomic mass is 10.2. The lowest BCUT2D eigenvalue weighted by Gasteiger charge is -2.17. The van der Waals surface area contributed by atoms with Crippen molar-refractivity contribution in [2.24, 2.45) is 4.99 Å². The van der Waals surface area contributed by atoms with E-state index in [1.54, 1.807) is 7.05 Å². The lowest BCUT2D eigenvalue weighted by molar-refractivity contribution is 0.624. The second kappa shape index (κ2) is 9.85. The van der Waals surface area contributed by atoms with Gasteiger partial charge in [0.2, 0.25) is 0 Å². The summed E-state index contributed by atoms with van der Waals surface area (Å²) in [5, 5.41) is 6.67. The van der Waals surface area contributed by atoms with Gasteiger partial charge in [-0.3, -0.25) is 4.99 Å². The molecule has 4 nitrogen and oxygen atoms in total. The molecule has 0 saturated heterocycles. The summed E-state index contributed by atoms with van der Waals surface area (Å²) in [6.07, 6.45) is 1.08. The molecule has 0 amide bonds. The predicted octanol–water partition coefficient (Wildman–Crippen LogP) is 2.83. The molecule has 0 fully saturated rings. The van der Waals surface area contributed by atoms with E-state index in [9.17, 15) is 0 Å². The number of aliphatic imine (C=N–C) groups is 1. The Bertz CT molecular complexity index is 401. The Kier molecular flexibility index (Phi) is 9.37. The van der Waals surface area contributed by atoms with Crippen molar-refractivity contribution in [3.63, 3.8) is 0 Å². The van der Waals surface area contributed by atoms with Crippen molar-refractivity contribution < 1.29 is 0 Å². The van der Waals surface area contributed by atoms with E-state index in [0.29, 0.717) is 6.04 Å². The van der Waals surface area contributed by atoms with Gasteiger partial charge in [0.05, 0.1) is 0 Å². The van der Waals surface area contributed by atoms with Crippen LogP contribution in [-0.4, -0.2) is 33.1 Å². The molecule has 0 heterocycles. The monoisotopic (exact) mass is 390 g/mol. The summed E-state index contributed by atoms with van der Waals surface area (Å²) >= 11 is 0. The summed E-state index contributed by atoms with van der Waals surface area (Å²) < 4.78 is 0. The van der Waals surface area contributed by atoms with Gasteiger partial charge >= 0.3 is 0 Å². The molecule has 0 aliphatic rings. The van der Waals surface area contributed by atoms with Crippen LogP contribution >= 0.6 is 24.0 Å². The molecule has 1 atom stereocenters. The fraction of sp³-hybridized carbons (Fsp3) is 0.533. The molecule has 2 N–H and O–H groups in total. The smallest absolute Gasteiger partial charge is 0.191 e. The van der Waals surface area contributed by atoms with Crippen molar-refractivity contribution in [2.75, 3.05) is 26.0 Å². The van der Waals surface area contributed by atoms with Crippen molar-refractivity contribution in [1.29, 1.82) is 0 Å². The van der Waals surface area contributed by atoms with E-state index in [0.717, 1.165) is 18.9 Å². The zero-order valence-electron chi connectivity index (χ0n) is 13.1. The van der Waals surface area contributed by atoms with Crippen LogP contribution in [0, 0.1) is 0 Å². The van der Waals surface area contributed by atoms with Crippen LogP contribution in [0.15, 0.2) is 29.3 Å². The maximum absolute atomic E-state index is 4.22. The Balaban J connectivity index is 0.00000361. The highest BCUT2D eigenvalue weighted by Crippen LogP contribution is 2.11. The van der Waals surface area contributed by atoms with Crippen LogP contribution in [-0.2, 0) is 6.54 Å². The average molecular weight is 390 g/mol. The summed E-state index contributed by atoms with van der Waals surface area (Å²) in [6, 6.07) is 8.96. The van der Waals surface area contributed by atoms with Crippen molar-refractivity contribution in [2.45, 2.75) is 32.9 Å². The molecule has 0 aromatic heterocycles. The molecule has 20 heavy (non-hydrogen) atoms. The van der Waals surface area contributed by atoms with Gasteiger partial charge in [0.1, 0.15) is 0 Å². The minimum absolute atomic E-state index is 0. The molecule has 0 saturated carbocycles. The van der Waals surface area contributed by atoms with Gasteiger partial charge in [0.25, 0.3) is 0 Å². The molecule has 1 aromatic rings. The Morgan fingerprint density at radius 3 is 2.30 bits per heavy atom. The predicted molar refractivity (Wildman–Crippen MR) is 99.3 cm³/mol. The van der Waals surface area contributed by atoms with Crippen LogP contribution in [0.1, 0.15) is 25.8 Å². The van der Waals surface area contributed by atoms with E-state index < -0.39 is 0 Å². The quantitative estimate of drug-likeness (QED) is 0.462. The maximum Gasteiger partial charge on any atom is 0.191 e. The third kappa shape index (κ3) is 6.45. The van der Waals surface area contributed by atoms with Crippen LogP contribution in [0.2, 0.25) is 0 Å². The first-order chi connectivity index (χ1) is 9.06. The molecule has 0 radical (unpaired) electrons. The number of halogens is 1. The number of anilines is 1. The van der Waals surface area contributed by atoms with Crippen molar-refractivity contribution >= 4 is 35.6 Å². The minimum atomic E-state index is 0. The summed E-state index contributed by atoms with van der Waals surface area (Å²) in [5.41, 5.74) is 2.46. The van der Waals surface area contributed by atoms with Gasteiger partial charge in [-0.15, -0.1) is 24.0 Å². The van der Waals surface area contributed by atoms with Gasteiger partial charge in [-0.05, 0) is 31.0 Å². The number of hydrogen-bond donors (Lipinski definition) is 2. The third-order valence-electron chi connectivity index (χ3n) is 3.13. The van der Waals surface area contributed by atoms with Gasteiger partial charge in [0.15, 0.2) is 5.96 Å². The van der Waals surface area contributed by atoms with E-state index >= 15 is 0 Å². The number of nitrogens with zero attached hydrogens (tertiary/aromatic N) is 2. The second-order valence-electron chi connectivity index (χ2n) is 4.94. The fourth-order valence-corrected chi connectivity index (χ4v) is 1.63. The Labute approximate surface area is 140 Å². The van der Waals surface area contributed by atoms with Crippen molar-refractivity contribution in [3.05, 3.63) is 29.8 Å². The highest BCUT2D eigenvalue weighted by Gasteiger charge is 2.02. The minimum Gasteiger partial charge on any atom is -0.378 e. The highest BCUT2D eigenvalue weighted by molar-refractivity contribution is 14.0. The van der Waals surface area contributed by atoms with Crippen molar-refractivity contribution in [3.8, 4) is 0 Å². The molecular formula is C15H27IN4. The SMILES string of the molecule is CCC(C)NC(=NC)NCc1ccc(N(C)C)cc1.I. The number of rotatable bonds is 5. The summed E-state index contributed by atoms with van der Waals surface area (Å²) in [5.74, 6) is 0.853. The summed E-state index contributed by atoms with van der Waals surface area (Å²) in [4.78, 5) is 6.32. The molecule has 0 aliphatic carbocycles. The number of hydrogen-bond acceptors (Lipinski definition) is 2. The molecule has 0 spiro atoms. The molecule has 5 heteroatoms. The largest absolute Gasteiger partial charge is 0.378 e. The van der Waals surface area contributed by atoms with E-state index in [4.69, 9.17) is 0 Å². The maximum atomic E-state index is 4.22. The van der Waals surface area contributed by atoms with Gasteiger partial charge in [0, 0.05) is 39.4 Å². The third-order valence-corrected chi connectivity index (χ3v) is 3.13. The second-order valence-corrected chi connectivity index (χ2v) is 4.94. The molecule has 0 bridgehead atoms. The zero-order chi connectivity index (χ0) is 14.3. The Morgan fingerprint density at radius 1 is 1.25 bits per heavy atom. The van der Waals surface area contributed by atoms with E-state index in [1.807, 2.05) is 14.1 Å². The Hall–Kier alpha value is -0.980. The normalized spacial score (nSPS) is 12.3. The van der Waals surface area contributed by atoms with Gasteiger partial charge in [-0.25, -0.2) is 0 Å². The standard InChI is InChI=1S/C15H26N4.HI/c1-6-12(2)18-15(16-3)17-11-13-7-9-14(10-8-13)19(4)5;/h7-10,12H,6,11H2,1-5H3,(H2,16,17,18);1H. The van der Waals surface area contributed by atoms with E-state index in [-0.39, 0.29) is 24.0 Å². The molecule has 1 aromatic carbocycles. The molecule has 114 valence electrons. The summed E-state index contributed by atoms with van der Waals surface area (Å²) in [6.45, 7) is 5.09. The van der Waals surface area contributed by atoms with Crippen molar-refractivity contribution in [1.82, 2.24) is 10.6 Å². The van der Waals surface area contributed by atoms with Crippen LogP contribution in [0.5, 0.6) is 0 Å². The first-order valence-corrected chi connectivity index (χ1v) is 6.80. The van der Waals surface area contributed by atoms with Crippen LogP contribution in [0.3, 0.4) is 0 Å². The van der Waals surface area contributed by atoms with Crippen LogP contribution in [0.25, 0.3) is 0 Å². The molecular weight excluding hydrogens is 363 g/mol. The van der Waals surface area contributed by atoms with Gasteiger partial charge in [-0.2, -0.15) is 0 Å². The number of benzene rings is 1. The first-order valence-electron chi connectivity index (χ1n) is 6.80. The van der Waals surface area contributed by atoms with Crippen LogP contribution < -0.4 is 15.5 Å². The first kappa shape index (κ1) is 19.0. The zero-order valence-corrected chi connectivity index (χ0v) is 15.4. The van der Waals surface area contributed by atoms with E-state index in [2.05, 4.69) is 58.6 Å². The average Bonchev–Trinajstić information content (AvgIpc) is 2.43. The number of guanidine groups is 1.